The van der Waals surface area contributed by atoms with Gasteiger partial charge in [0.2, 0.25) is 0 Å². The fourth-order valence-electron chi connectivity index (χ4n) is 5.90. The Hall–Kier alpha value is -1.91. The van der Waals surface area contributed by atoms with E-state index in [4.69, 9.17) is 33.2 Å². The van der Waals surface area contributed by atoms with Crippen molar-refractivity contribution in [1.29, 1.82) is 0 Å². The number of ether oxygens (including phenoxy) is 7. The monoisotopic (exact) mass is 662 g/mol. The first-order valence-corrected chi connectivity index (χ1v) is 16.8. The highest BCUT2D eigenvalue weighted by atomic mass is 16.8. The van der Waals surface area contributed by atoms with Crippen LogP contribution in [-0.4, -0.2) is 120 Å². The average Bonchev–Trinajstić information content (AvgIpc) is 3.01. The molecule has 2 bridgehead atoms. The van der Waals surface area contributed by atoms with E-state index in [0.29, 0.717) is 12.8 Å². The lowest BCUT2D eigenvalue weighted by molar-refractivity contribution is -0.367. The summed E-state index contributed by atoms with van der Waals surface area (Å²) in [4.78, 5) is 35.7. The Balaban J connectivity index is 1.77. The molecule has 0 aromatic carbocycles. The zero-order chi connectivity index (χ0) is 33.5. The second kappa shape index (κ2) is 20.5. The van der Waals surface area contributed by atoms with Crippen LogP contribution in [0.15, 0.2) is 0 Å². The summed E-state index contributed by atoms with van der Waals surface area (Å²) in [7, 11) is 0. The van der Waals surface area contributed by atoms with Crippen LogP contribution in [0.5, 0.6) is 0 Å². The molecule has 0 aromatic rings. The first kappa shape index (κ1) is 38.5. The zero-order valence-electron chi connectivity index (χ0n) is 27.2. The third-order valence-electron chi connectivity index (χ3n) is 8.55. The molecule has 4 rings (SSSR count). The van der Waals surface area contributed by atoms with Crippen molar-refractivity contribution in [3.8, 4) is 0 Å². The predicted molar refractivity (Wildman–Crippen MR) is 160 cm³/mol. The minimum Gasteiger partial charge on any atom is -0.463 e. The Morgan fingerprint density at radius 2 is 1.09 bits per heavy atom. The standard InChI is InChI=1S/C32H54O14/c1-20(33)41-18-22-25(36)26(37)30-32(43-22)40-17-15-13-11-9-7-5-3-4-6-8-10-12-14-16-24(35)45-29-23(19-42-21(2)34)44-31(46-30)28(39)27(29)38/h22-23,25-32,36-39H,3-19H2,1-2H3/t22-,23-,25-,26+,27-,28-,29-,30-,31+,32-/m1/s1. The van der Waals surface area contributed by atoms with E-state index in [2.05, 4.69) is 0 Å². The SMILES string of the molecule is CC(=O)OC[C@H]1O[C@H]2OCCCCCCCCCCCCCCCC(=O)O[C@H]3[C@H](O)[C@@H](O)[C@H](O[C@@H]2[C@@H](O)[C@@H]1O)O[C@@H]3COC(C)=O. The summed E-state index contributed by atoms with van der Waals surface area (Å²) in [6, 6.07) is 0. The van der Waals surface area contributed by atoms with Gasteiger partial charge in [-0.1, -0.05) is 70.6 Å². The van der Waals surface area contributed by atoms with E-state index in [-0.39, 0.29) is 19.6 Å². The van der Waals surface area contributed by atoms with Gasteiger partial charge in [-0.25, -0.2) is 0 Å². The van der Waals surface area contributed by atoms with Crippen LogP contribution in [0.4, 0.5) is 0 Å². The summed E-state index contributed by atoms with van der Waals surface area (Å²) in [5.74, 6) is -1.84. The van der Waals surface area contributed by atoms with Crippen LogP contribution >= 0.6 is 0 Å². The molecular weight excluding hydrogens is 608 g/mol. The molecule has 14 nitrogen and oxygen atoms in total. The smallest absolute Gasteiger partial charge is 0.306 e. The molecule has 10 atom stereocenters. The molecule has 0 aromatic heterocycles. The van der Waals surface area contributed by atoms with Gasteiger partial charge in [-0.3, -0.25) is 14.4 Å². The van der Waals surface area contributed by atoms with E-state index >= 15 is 0 Å². The van der Waals surface area contributed by atoms with Gasteiger partial charge in [0.05, 0.1) is 0 Å². The van der Waals surface area contributed by atoms with Crippen molar-refractivity contribution < 1.29 is 68.0 Å². The average molecular weight is 663 g/mol. The van der Waals surface area contributed by atoms with Gasteiger partial charge in [0.15, 0.2) is 18.7 Å². The number of carbonyl (C=O) groups excluding carboxylic acids is 3. The van der Waals surface area contributed by atoms with Gasteiger partial charge >= 0.3 is 17.9 Å². The number of hydrogen-bond donors (Lipinski definition) is 4. The van der Waals surface area contributed by atoms with Crippen molar-refractivity contribution in [2.75, 3.05) is 19.8 Å². The molecule has 46 heavy (non-hydrogen) atoms. The maximum atomic E-state index is 12.7. The number of carbonyl (C=O) groups is 3. The topological polar surface area (TPSA) is 197 Å². The predicted octanol–water partition coefficient (Wildman–Crippen LogP) is 1.79. The van der Waals surface area contributed by atoms with Crippen molar-refractivity contribution in [3.63, 3.8) is 0 Å². The summed E-state index contributed by atoms with van der Waals surface area (Å²) >= 11 is 0. The van der Waals surface area contributed by atoms with Gasteiger partial charge in [-0.05, 0) is 12.8 Å². The maximum absolute atomic E-state index is 12.7. The molecule has 4 fully saturated rings. The molecule has 0 spiro atoms. The molecule has 0 aliphatic carbocycles. The lowest BCUT2D eigenvalue weighted by Gasteiger charge is -2.46. The summed E-state index contributed by atoms with van der Waals surface area (Å²) < 4.78 is 39.2. The molecule has 266 valence electrons. The molecule has 4 N–H and O–H groups in total. The second-order valence-corrected chi connectivity index (χ2v) is 12.4. The minimum absolute atomic E-state index is 0.108. The number of esters is 3. The van der Waals surface area contributed by atoms with Crippen molar-refractivity contribution in [1.82, 2.24) is 0 Å². The van der Waals surface area contributed by atoms with Crippen LogP contribution in [0.2, 0.25) is 0 Å². The van der Waals surface area contributed by atoms with E-state index in [9.17, 15) is 34.8 Å². The number of aliphatic hydroxyl groups is 4. The molecule has 0 saturated carbocycles. The van der Waals surface area contributed by atoms with Crippen molar-refractivity contribution in [2.45, 2.75) is 165 Å². The van der Waals surface area contributed by atoms with Crippen LogP contribution in [-0.2, 0) is 47.5 Å². The lowest BCUT2D eigenvalue weighted by atomic mass is 9.97. The quantitative estimate of drug-likeness (QED) is 0.251. The molecule has 4 saturated heterocycles. The minimum atomic E-state index is -1.77. The summed E-state index contributed by atoms with van der Waals surface area (Å²) in [6.07, 6.45) is -1.42. The molecule has 4 heterocycles. The summed E-state index contributed by atoms with van der Waals surface area (Å²) in [5, 5.41) is 43.9. The van der Waals surface area contributed by atoms with Gasteiger partial charge in [-0.2, -0.15) is 0 Å². The van der Waals surface area contributed by atoms with Crippen molar-refractivity contribution in [2.24, 2.45) is 0 Å². The lowest BCUT2D eigenvalue weighted by Crippen LogP contribution is -2.65. The second-order valence-electron chi connectivity index (χ2n) is 12.4. The third-order valence-corrected chi connectivity index (χ3v) is 8.55. The van der Waals surface area contributed by atoms with E-state index in [1.807, 2.05) is 0 Å². The van der Waals surface area contributed by atoms with Gasteiger partial charge in [0.25, 0.3) is 0 Å². The van der Waals surface area contributed by atoms with E-state index in [0.717, 1.165) is 44.9 Å². The Morgan fingerprint density at radius 1 is 0.609 bits per heavy atom. The highest BCUT2D eigenvalue weighted by molar-refractivity contribution is 5.69. The van der Waals surface area contributed by atoms with Crippen LogP contribution < -0.4 is 0 Å². The summed E-state index contributed by atoms with van der Waals surface area (Å²) in [5.41, 5.74) is 0. The van der Waals surface area contributed by atoms with Gasteiger partial charge in [0, 0.05) is 26.9 Å². The number of rotatable bonds is 4. The Labute approximate surface area is 270 Å². The number of fused-ring (bicyclic) bond motifs is 19. The normalized spacial score (nSPS) is 36.7. The molecule has 14 heteroatoms. The van der Waals surface area contributed by atoms with Crippen LogP contribution in [0.1, 0.15) is 104 Å². The van der Waals surface area contributed by atoms with Crippen molar-refractivity contribution >= 4 is 17.9 Å². The number of aliphatic hydroxyl groups excluding tert-OH is 4. The van der Waals surface area contributed by atoms with Crippen molar-refractivity contribution in [3.05, 3.63) is 0 Å². The Morgan fingerprint density at radius 3 is 1.65 bits per heavy atom. The fraction of sp³-hybridized carbons (Fsp3) is 0.906. The third kappa shape index (κ3) is 12.6. The highest BCUT2D eigenvalue weighted by Crippen LogP contribution is 2.31. The van der Waals surface area contributed by atoms with E-state index in [1.54, 1.807) is 0 Å². The molecule has 4 aliphatic rings. The summed E-state index contributed by atoms with van der Waals surface area (Å²) in [6.45, 7) is 1.84. The van der Waals surface area contributed by atoms with Gasteiger partial charge in [0.1, 0.15) is 55.9 Å². The molecule has 0 unspecified atom stereocenters. The van der Waals surface area contributed by atoms with E-state index < -0.39 is 85.9 Å². The molecule has 4 aliphatic heterocycles. The van der Waals surface area contributed by atoms with E-state index in [1.165, 1.54) is 39.5 Å². The highest BCUT2D eigenvalue weighted by Gasteiger charge is 2.52. The Bertz CT molecular complexity index is 917. The van der Waals surface area contributed by atoms with Crippen LogP contribution in [0, 0.1) is 0 Å². The molecular formula is C32H54O14. The first-order valence-electron chi connectivity index (χ1n) is 16.8. The number of hydrogen-bond acceptors (Lipinski definition) is 14. The molecule has 0 radical (unpaired) electrons. The van der Waals surface area contributed by atoms with Crippen LogP contribution in [0.25, 0.3) is 0 Å². The maximum Gasteiger partial charge on any atom is 0.306 e. The van der Waals surface area contributed by atoms with Gasteiger partial charge < -0.3 is 53.6 Å². The zero-order valence-corrected chi connectivity index (χ0v) is 27.2. The molecule has 0 amide bonds. The Kier molecular flexibility index (Phi) is 17.1. The first-order chi connectivity index (χ1) is 22.1. The largest absolute Gasteiger partial charge is 0.463 e. The van der Waals surface area contributed by atoms with Crippen LogP contribution in [0.3, 0.4) is 0 Å². The fourth-order valence-corrected chi connectivity index (χ4v) is 5.90. The van der Waals surface area contributed by atoms with Gasteiger partial charge in [-0.15, -0.1) is 0 Å².